The topological polar surface area (TPSA) is 60.4 Å². The van der Waals surface area contributed by atoms with Gasteiger partial charge in [-0.25, -0.2) is 0 Å². The zero-order valence-electron chi connectivity index (χ0n) is 13.4. The molecule has 3 heterocycles. The van der Waals surface area contributed by atoms with Gasteiger partial charge in [-0.15, -0.1) is 0 Å². The Morgan fingerprint density at radius 1 is 1.26 bits per heavy atom. The van der Waals surface area contributed by atoms with Gasteiger partial charge in [-0.3, -0.25) is 4.90 Å². The van der Waals surface area contributed by atoms with Crippen molar-refractivity contribution in [2.75, 3.05) is 33.6 Å². The summed E-state index contributed by atoms with van der Waals surface area (Å²) in [4.78, 5) is 2.40. The fraction of sp³-hybridized carbons (Fsp3) is 0.647. The van der Waals surface area contributed by atoms with Crippen molar-refractivity contribution in [3.05, 3.63) is 17.7 Å². The van der Waals surface area contributed by atoms with Crippen LogP contribution in [0.1, 0.15) is 24.8 Å². The van der Waals surface area contributed by atoms with E-state index in [-0.39, 0.29) is 18.5 Å². The summed E-state index contributed by atoms with van der Waals surface area (Å²) < 4.78 is 22.2. The number of piperidine rings is 1. The smallest absolute Gasteiger partial charge is 0.231 e. The lowest BCUT2D eigenvalue weighted by atomic mass is 9.88. The maximum atomic E-state index is 9.72. The highest BCUT2D eigenvalue weighted by molar-refractivity contribution is 5.51. The quantitative estimate of drug-likeness (QED) is 0.911. The third kappa shape index (κ3) is 2.86. The fourth-order valence-corrected chi connectivity index (χ4v) is 3.81. The van der Waals surface area contributed by atoms with E-state index in [1.54, 1.807) is 7.11 Å². The number of fused-ring (bicyclic) bond motifs is 1. The van der Waals surface area contributed by atoms with Crippen LogP contribution in [-0.2, 0) is 11.3 Å². The molecule has 1 aromatic carbocycles. The number of nitrogens with zero attached hydrogens (tertiary/aromatic N) is 1. The second-order valence-electron chi connectivity index (χ2n) is 6.65. The molecule has 1 aromatic rings. The van der Waals surface area contributed by atoms with E-state index in [1.807, 2.05) is 12.1 Å². The van der Waals surface area contributed by atoms with E-state index in [1.165, 1.54) is 0 Å². The molecule has 0 aliphatic carbocycles. The Balaban J connectivity index is 1.43. The molecule has 2 fully saturated rings. The maximum Gasteiger partial charge on any atom is 0.231 e. The first-order chi connectivity index (χ1) is 11.2. The summed E-state index contributed by atoms with van der Waals surface area (Å²) in [5.74, 6) is 2.37. The highest BCUT2D eigenvalue weighted by atomic mass is 16.7. The number of aliphatic hydroxyl groups excluding tert-OH is 1. The average molecular weight is 321 g/mol. The first-order valence-corrected chi connectivity index (χ1v) is 8.18. The van der Waals surface area contributed by atoms with E-state index in [2.05, 4.69) is 4.90 Å². The SMILES string of the molecule is COc1cc2c(cc1CN1CCC3(CC1)CC(O)CO3)OCO2. The Bertz CT molecular complexity index is 583. The van der Waals surface area contributed by atoms with Gasteiger partial charge >= 0.3 is 0 Å². The summed E-state index contributed by atoms with van der Waals surface area (Å²) in [6.45, 7) is 3.50. The molecule has 0 bridgehead atoms. The highest BCUT2D eigenvalue weighted by Crippen LogP contribution is 2.40. The van der Waals surface area contributed by atoms with Crippen LogP contribution in [0.5, 0.6) is 17.2 Å². The van der Waals surface area contributed by atoms with Gasteiger partial charge in [0.2, 0.25) is 6.79 Å². The van der Waals surface area contributed by atoms with Gasteiger partial charge in [-0.05, 0) is 18.9 Å². The van der Waals surface area contributed by atoms with Crippen LogP contribution < -0.4 is 14.2 Å². The average Bonchev–Trinajstić information content (AvgIpc) is 3.15. The minimum absolute atomic E-state index is 0.102. The Labute approximate surface area is 135 Å². The molecule has 1 unspecified atom stereocenters. The van der Waals surface area contributed by atoms with E-state index in [0.29, 0.717) is 6.61 Å². The predicted molar refractivity (Wildman–Crippen MR) is 82.9 cm³/mol. The van der Waals surface area contributed by atoms with Crippen molar-refractivity contribution in [2.24, 2.45) is 0 Å². The molecule has 6 heteroatoms. The lowest BCUT2D eigenvalue weighted by molar-refractivity contribution is -0.0457. The Kier molecular flexibility index (Phi) is 3.83. The molecular weight excluding hydrogens is 298 g/mol. The first kappa shape index (κ1) is 15.1. The van der Waals surface area contributed by atoms with Gasteiger partial charge in [0.05, 0.1) is 25.4 Å². The fourth-order valence-electron chi connectivity index (χ4n) is 3.81. The lowest BCUT2D eigenvalue weighted by Crippen LogP contribution is -2.43. The van der Waals surface area contributed by atoms with Gasteiger partial charge in [-0.1, -0.05) is 0 Å². The standard InChI is InChI=1S/C17H23NO5/c1-20-14-7-16-15(21-11-22-16)6-12(14)9-18-4-2-17(3-5-18)8-13(19)10-23-17/h6-7,13,19H,2-5,8-11H2,1H3. The van der Waals surface area contributed by atoms with Crippen LogP contribution in [0, 0.1) is 0 Å². The van der Waals surface area contributed by atoms with Crippen LogP contribution in [0.4, 0.5) is 0 Å². The number of hydrogen-bond donors (Lipinski definition) is 1. The second kappa shape index (κ2) is 5.85. The lowest BCUT2D eigenvalue weighted by Gasteiger charge is -2.38. The minimum atomic E-state index is -0.296. The van der Waals surface area contributed by atoms with Crippen molar-refractivity contribution in [1.29, 1.82) is 0 Å². The van der Waals surface area contributed by atoms with Crippen molar-refractivity contribution in [2.45, 2.75) is 37.5 Å². The molecule has 0 radical (unpaired) electrons. The summed E-state index contributed by atoms with van der Waals surface area (Å²) >= 11 is 0. The van der Waals surface area contributed by atoms with Crippen molar-refractivity contribution < 1.29 is 24.1 Å². The number of likely N-dealkylation sites (tertiary alicyclic amines) is 1. The number of methoxy groups -OCH3 is 1. The normalized spacial score (nSPS) is 25.9. The van der Waals surface area contributed by atoms with Crippen LogP contribution in [0.3, 0.4) is 0 Å². The third-order valence-electron chi connectivity index (χ3n) is 5.13. The van der Waals surface area contributed by atoms with Crippen molar-refractivity contribution in [3.8, 4) is 17.2 Å². The molecule has 23 heavy (non-hydrogen) atoms. The van der Waals surface area contributed by atoms with Crippen molar-refractivity contribution >= 4 is 0 Å². The Morgan fingerprint density at radius 3 is 2.65 bits per heavy atom. The molecule has 0 aromatic heterocycles. The van der Waals surface area contributed by atoms with Gasteiger partial charge in [-0.2, -0.15) is 0 Å². The van der Waals surface area contributed by atoms with E-state index in [0.717, 1.165) is 61.7 Å². The molecule has 1 spiro atoms. The molecular formula is C17H23NO5. The molecule has 3 aliphatic rings. The number of hydrogen-bond acceptors (Lipinski definition) is 6. The van der Waals surface area contributed by atoms with Crippen LogP contribution in [0.25, 0.3) is 0 Å². The minimum Gasteiger partial charge on any atom is -0.496 e. The van der Waals surface area contributed by atoms with E-state index < -0.39 is 0 Å². The van der Waals surface area contributed by atoms with Gasteiger partial charge in [0, 0.05) is 37.7 Å². The summed E-state index contributed by atoms with van der Waals surface area (Å²) in [6, 6.07) is 3.92. The maximum absolute atomic E-state index is 9.72. The molecule has 0 amide bonds. The highest BCUT2D eigenvalue weighted by Gasteiger charge is 2.42. The molecule has 0 saturated carbocycles. The number of rotatable bonds is 3. The van der Waals surface area contributed by atoms with Crippen molar-refractivity contribution in [3.63, 3.8) is 0 Å². The molecule has 1 atom stereocenters. The first-order valence-electron chi connectivity index (χ1n) is 8.18. The zero-order valence-corrected chi connectivity index (χ0v) is 13.4. The molecule has 126 valence electrons. The molecule has 2 saturated heterocycles. The number of aliphatic hydroxyl groups is 1. The third-order valence-corrected chi connectivity index (χ3v) is 5.13. The van der Waals surface area contributed by atoms with Crippen LogP contribution >= 0.6 is 0 Å². The number of benzene rings is 1. The predicted octanol–water partition coefficient (Wildman–Crippen LogP) is 1.54. The molecule has 3 aliphatic heterocycles. The summed E-state index contributed by atoms with van der Waals surface area (Å²) in [5, 5.41) is 9.72. The van der Waals surface area contributed by atoms with Gasteiger partial charge in [0.15, 0.2) is 11.5 Å². The summed E-state index contributed by atoms with van der Waals surface area (Å²) in [5.41, 5.74) is 1.01. The summed E-state index contributed by atoms with van der Waals surface area (Å²) in [6.07, 6.45) is 2.41. The van der Waals surface area contributed by atoms with Gasteiger partial charge < -0.3 is 24.1 Å². The largest absolute Gasteiger partial charge is 0.496 e. The Hall–Kier alpha value is -1.50. The van der Waals surface area contributed by atoms with Crippen LogP contribution in [-0.4, -0.2) is 55.3 Å². The van der Waals surface area contributed by atoms with E-state index in [9.17, 15) is 5.11 Å². The second-order valence-corrected chi connectivity index (χ2v) is 6.65. The monoisotopic (exact) mass is 321 g/mol. The van der Waals surface area contributed by atoms with E-state index >= 15 is 0 Å². The van der Waals surface area contributed by atoms with Crippen LogP contribution in [0.2, 0.25) is 0 Å². The zero-order chi connectivity index (χ0) is 15.9. The number of ether oxygens (including phenoxy) is 4. The van der Waals surface area contributed by atoms with Gasteiger partial charge in [0.1, 0.15) is 5.75 Å². The van der Waals surface area contributed by atoms with Crippen molar-refractivity contribution in [1.82, 2.24) is 4.90 Å². The molecule has 6 nitrogen and oxygen atoms in total. The van der Waals surface area contributed by atoms with E-state index in [4.69, 9.17) is 18.9 Å². The molecule has 4 rings (SSSR count). The van der Waals surface area contributed by atoms with Crippen LogP contribution in [0.15, 0.2) is 12.1 Å². The Morgan fingerprint density at radius 2 is 2.00 bits per heavy atom. The molecule has 1 N–H and O–H groups in total. The van der Waals surface area contributed by atoms with Gasteiger partial charge in [0.25, 0.3) is 0 Å². The summed E-state index contributed by atoms with van der Waals surface area (Å²) in [7, 11) is 1.68.